The van der Waals surface area contributed by atoms with Gasteiger partial charge in [0.05, 0.1) is 5.69 Å². The van der Waals surface area contributed by atoms with E-state index in [-0.39, 0.29) is 5.56 Å². The fourth-order valence-corrected chi connectivity index (χ4v) is 4.24. The zero-order chi connectivity index (χ0) is 13.6. The number of para-hydroxylation sites is 1. The molecule has 0 unspecified atom stereocenters. The molecule has 19 heavy (non-hydrogen) atoms. The van der Waals surface area contributed by atoms with Gasteiger partial charge in [-0.2, -0.15) is 0 Å². The first-order valence-electron chi connectivity index (χ1n) is 5.86. The van der Waals surface area contributed by atoms with E-state index in [1.807, 2.05) is 0 Å². The molecule has 0 saturated heterocycles. The predicted octanol–water partition coefficient (Wildman–Crippen LogP) is 2.98. The average molecular weight is 277 g/mol. The molecule has 1 atom stereocenters. The topological polar surface area (TPSA) is 46.2 Å². The normalized spacial score (nSPS) is 19.8. The van der Waals surface area contributed by atoms with Crippen molar-refractivity contribution < 1.29 is 12.8 Å². The zero-order valence-electron chi connectivity index (χ0n) is 10.2. The molecular formula is C14H12FNO2S. The third-order valence-electron chi connectivity index (χ3n) is 3.34. The van der Waals surface area contributed by atoms with Crippen molar-refractivity contribution in [1.29, 1.82) is 0 Å². The third-order valence-corrected chi connectivity index (χ3v) is 4.95. The van der Waals surface area contributed by atoms with E-state index in [4.69, 9.17) is 0 Å². The van der Waals surface area contributed by atoms with E-state index >= 15 is 0 Å². The molecule has 98 valence electrons. The van der Waals surface area contributed by atoms with Crippen LogP contribution in [-0.2, 0) is 10.0 Å². The highest BCUT2D eigenvalue weighted by atomic mass is 32.2. The van der Waals surface area contributed by atoms with E-state index in [1.54, 1.807) is 43.3 Å². The third kappa shape index (κ3) is 1.81. The van der Waals surface area contributed by atoms with Crippen molar-refractivity contribution in [1.82, 2.24) is 0 Å². The molecule has 0 aliphatic carbocycles. The van der Waals surface area contributed by atoms with E-state index in [9.17, 15) is 12.8 Å². The molecule has 0 radical (unpaired) electrons. The molecule has 1 aliphatic heterocycles. The van der Waals surface area contributed by atoms with Crippen LogP contribution in [0.4, 0.5) is 10.1 Å². The lowest BCUT2D eigenvalue weighted by Crippen LogP contribution is -2.16. The summed E-state index contributed by atoms with van der Waals surface area (Å²) in [5.74, 6) is -0.493. The molecule has 1 aliphatic rings. The van der Waals surface area contributed by atoms with E-state index in [2.05, 4.69) is 4.72 Å². The van der Waals surface area contributed by atoms with Gasteiger partial charge in [0.2, 0.25) is 10.0 Å². The van der Waals surface area contributed by atoms with Crippen LogP contribution in [0.25, 0.3) is 0 Å². The number of hydrogen-bond donors (Lipinski definition) is 1. The van der Waals surface area contributed by atoms with Crippen LogP contribution < -0.4 is 4.72 Å². The van der Waals surface area contributed by atoms with Crippen molar-refractivity contribution in [2.45, 2.75) is 12.2 Å². The maximum atomic E-state index is 14.0. The lowest BCUT2D eigenvalue weighted by atomic mass is 9.98. The number of sulfonamides is 1. The molecular weight excluding hydrogens is 265 g/mol. The number of hydrogen-bond acceptors (Lipinski definition) is 2. The van der Waals surface area contributed by atoms with Gasteiger partial charge in [-0.25, -0.2) is 12.8 Å². The van der Waals surface area contributed by atoms with E-state index < -0.39 is 21.1 Å². The average Bonchev–Trinajstić information content (AvgIpc) is 2.60. The predicted molar refractivity (Wildman–Crippen MR) is 72.0 cm³/mol. The Labute approximate surface area is 111 Å². The summed E-state index contributed by atoms with van der Waals surface area (Å²) in [6.07, 6.45) is 0. The van der Waals surface area contributed by atoms with Gasteiger partial charge in [-0.3, -0.25) is 4.72 Å². The first kappa shape index (κ1) is 12.2. The Morgan fingerprint density at radius 1 is 1.11 bits per heavy atom. The van der Waals surface area contributed by atoms with Gasteiger partial charge in [0, 0.05) is 11.1 Å². The number of nitrogens with one attached hydrogen (secondary N) is 1. The Balaban J connectivity index is 2.30. The quantitative estimate of drug-likeness (QED) is 0.871. The number of benzene rings is 2. The van der Waals surface area contributed by atoms with Gasteiger partial charge in [0.15, 0.2) is 0 Å². The minimum atomic E-state index is -3.63. The minimum absolute atomic E-state index is 0.222. The molecule has 1 heterocycles. The SMILES string of the molecule is Cc1cccc(F)c1[C@H]1c2ccccc2NS1(=O)=O. The summed E-state index contributed by atoms with van der Waals surface area (Å²) in [6, 6.07) is 11.5. The van der Waals surface area contributed by atoms with Crippen LogP contribution >= 0.6 is 0 Å². The summed E-state index contributed by atoms with van der Waals surface area (Å²) >= 11 is 0. The second kappa shape index (κ2) is 4.06. The molecule has 3 nitrogen and oxygen atoms in total. The van der Waals surface area contributed by atoms with Crippen molar-refractivity contribution in [3.8, 4) is 0 Å². The largest absolute Gasteiger partial charge is 0.282 e. The molecule has 0 saturated carbocycles. The summed E-state index contributed by atoms with van der Waals surface area (Å²) < 4.78 is 41.0. The van der Waals surface area contributed by atoms with Crippen molar-refractivity contribution in [3.63, 3.8) is 0 Å². The van der Waals surface area contributed by atoms with Crippen LogP contribution in [0.1, 0.15) is 21.9 Å². The second-order valence-corrected chi connectivity index (χ2v) is 6.35. The molecule has 0 spiro atoms. The fraction of sp³-hybridized carbons (Fsp3) is 0.143. The highest BCUT2D eigenvalue weighted by Crippen LogP contribution is 2.43. The van der Waals surface area contributed by atoms with Gasteiger partial charge in [0.25, 0.3) is 0 Å². The van der Waals surface area contributed by atoms with Crippen LogP contribution in [0, 0.1) is 12.7 Å². The van der Waals surface area contributed by atoms with Gasteiger partial charge >= 0.3 is 0 Å². The number of rotatable bonds is 1. The molecule has 2 aromatic carbocycles. The number of halogens is 1. The zero-order valence-corrected chi connectivity index (χ0v) is 11.0. The molecule has 3 rings (SSSR count). The second-order valence-electron chi connectivity index (χ2n) is 4.58. The first-order valence-corrected chi connectivity index (χ1v) is 7.41. The highest BCUT2D eigenvalue weighted by Gasteiger charge is 2.39. The molecule has 0 bridgehead atoms. The monoisotopic (exact) mass is 277 g/mol. The lowest BCUT2D eigenvalue weighted by Gasteiger charge is -2.14. The fourth-order valence-electron chi connectivity index (χ4n) is 2.49. The molecule has 0 amide bonds. The molecule has 5 heteroatoms. The minimum Gasteiger partial charge on any atom is -0.282 e. The van der Waals surface area contributed by atoms with Gasteiger partial charge < -0.3 is 0 Å². The Bertz CT molecular complexity index is 736. The van der Waals surface area contributed by atoms with Crippen LogP contribution in [0.15, 0.2) is 42.5 Å². The van der Waals surface area contributed by atoms with E-state index in [1.165, 1.54) is 6.07 Å². The Hall–Kier alpha value is -1.88. The van der Waals surface area contributed by atoms with Crippen LogP contribution in [-0.4, -0.2) is 8.42 Å². The van der Waals surface area contributed by atoms with Crippen LogP contribution in [0.5, 0.6) is 0 Å². The Morgan fingerprint density at radius 3 is 2.58 bits per heavy atom. The molecule has 0 aromatic heterocycles. The number of anilines is 1. The van der Waals surface area contributed by atoms with Gasteiger partial charge in [-0.05, 0) is 24.6 Å². The van der Waals surface area contributed by atoms with Crippen molar-refractivity contribution in [2.75, 3.05) is 4.72 Å². The van der Waals surface area contributed by atoms with Crippen molar-refractivity contribution in [3.05, 3.63) is 65.0 Å². The maximum absolute atomic E-state index is 14.0. The first-order chi connectivity index (χ1) is 9.00. The van der Waals surface area contributed by atoms with E-state index in [0.29, 0.717) is 16.8 Å². The maximum Gasteiger partial charge on any atom is 0.244 e. The Morgan fingerprint density at radius 2 is 1.84 bits per heavy atom. The van der Waals surface area contributed by atoms with Gasteiger partial charge in [-0.15, -0.1) is 0 Å². The highest BCUT2D eigenvalue weighted by molar-refractivity contribution is 7.93. The summed E-state index contributed by atoms with van der Waals surface area (Å²) in [5, 5.41) is -0.982. The molecule has 1 N–H and O–H groups in total. The standard InChI is InChI=1S/C14H12FNO2S/c1-9-5-4-7-11(15)13(9)14-10-6-2-3-8-12(10)16-19(14,17)18/h2-8,14,16H,1H3/t14-/m1/s1. The number of aryl methyl sites for hydroxylation is 1. The van der Waals surface area contributed by atoms with Crippen molar-refractivity contribution >= 4 is 15.7 Å². The van der Waals surface area contributed by atoms with Crippen molar-refractivity contribution in [2.24, 2.45) is 0 Å². The summed E-state index contributed by atoms with van der Waals surface area (Å²) in [4.78, 5) is 0. The Kier molecular flexibility index (Phi) is 2.60. The molecule has 0 fully saturated rings. The lowest BCUT2D eigenvalue weighted by molar-refractivity contribution is 0.584. The molecule has 2 aromatic rings. The van der Waals surface area contributed by atoms with E-state index in [0.717, 1.165) is 0 Å². The summed E-state index contributed by atoms with van der Waals surface area (Å²) in [7, 11) is -3.63. The van der Waals surface area contributed by atoms with Gasteiger partial charge in [-0.1, -0.05) is 30.3 Å². The summed E-state index contributed by atoms with van der Waals surface area (Å²) in [5.41, 5.74) is 1.97. The van der Waals surface area contributed by atoms with Gasteiger partial charge in [0.1, 0.15) is 11.1 Å². The number of fused-ring (bicyclic) bond motifs is 1. The summed E-state index contributed by atoms with van der Waals surface area (Å²) in [6.45, 7) is 1.72. The van der Waals surface area contributed by atoms with Crippen LogP contribution in [0.2, 0.25) is 0 Å². The van der Waals surface area contributed by atoms with Crippen LogP contribution in [0.3, 0.4) is 0 Å². The smallest absolute Gasteiger partial charge is 0.244 e.